The van der Waals surface area contributed by atoms with Gasteiger partial charge in [0.1, 0.15) is 5.75 Å². The Morgan fingerprint density at radius 2 is 1.96 bits per heavy atom. The molecule has 1 spiro atoms. The van der Waals surface area contributed by atoms with E-state index in [-0.39, 0.29) is 11.4 Å². The summed E-state index contributed by atoms with van der Waals surface area (Å²) >= 11 is 0. The molecule has 4 nitrogen and oxygen atoms in total. The van der Waals surface area contributed by atoms with Gasteiger partial charge in [0.15, 0.2) is 0 Å². The molecule has 0 atom stereocenters. The summed E-state index contributed by atoms with van der Waals surface area (Å²) in [6.45, 7) is 0. The molecule has 0 N–H and O–H groups in total. The molecule has 140 valence electrons. The van der Waals surface area contributed by atoms with Crippen LogP contribution >= 0.6 is 0 Å². The number of benzene rings is 2. The third-order valence-corrected chi connectivity index (χ3v) is 5.79. The molecule has 1 fully saturated rings. The Morgan fingerprint density at radius 1 is 1.15 bits per heavy atom. The predicted octanol–water partition coefficient (Wildman–Crippen LogP) is 4.58. The molecule has 4 rings (SSSR count). The first kappa shape index (κ1) is 17.8. The fourth-order valence-electron chi connectivity index (χ4n) is 4.10. The minimum absolute atomic E-state index is 0.0811. The second kappa shape index (κ2) is 7.55. The maximum Gasteiger partial charge on any atom is 0.243 e. The lowest BCUT2D eigenvalue weighted by molar-refractivity contribution is -0.140. The van der Waals surface area contributed by atoms with Gasteiger partial charge >= 0.3 is 0 Å². The minimum Gasteiger partial charge on any atom is -0.497 e. The number of hydrogen-bond acceptors (Lipinski definition) is 3. The molecule has 0 aromatic heterocycles. The number of nitrogens with zero attached hydrogens (tertiary/aromatic N) is 2. The van der Waals surface area contributed by atoms with Crippen LogP contribution in [0.15, 0.2) is 59.7 Å². The van der Waals surface area contributed by atoms with Crippen LogP contribution in [-0.4, -0.2) is 29.3 Å². The first-order valence-corrected chi connectivity index (χ1v) is 9.79. The molecule has 0 unspecified atom stereocenters. The number of hydrogen-bond donors (Lipinski definition) is 0. The zero-order valence-electron chi connectivity index (χ0n) is 15.9. The molecule has 27 heavy (non-hydrogen) atoms. The molecule has 4 heteroatoms. The average Bonchev–Trinajstić information content (AvgIpc) is 3.10. The Labute approximate surface area is 160 Å². The normalized spacial score (nSPS) is 17.5. The topological polar surface area (TPSA) is 41.9 Å². The van der Waals surface area contributed by atoms with Crippen LogP contribution in [0.2, 0.25) is 0 Å². The molecule has 2 aromatic rings. The number of rotatable bonds is 6. The molecule has 1 saturated carbocycles. The maximum absolute atomic E-state index is 12.9. The monoisotopic (exact) mass is 362 g/mol. The summed E-state index contributed by atoms with van der Waals surface area (Å²) in [7, 11) is 1.67. The van der Waals surface area contributed by atoms with Gasteiger partial charge in [-0.1, -0.05) is 42.5 Å². The summed E-state index contributed by atoms with van der Waals surface area (Å²) in [6.07, 6.45) is 6.47. The van der Waals surface area contributed by atoms with Crippen molar-refractivity contribution in [2.24, 2.45) is 5.10 Å². The van der Waals surface area contributed by atoms with Gasteiger partial charge in [-0.25, -0.2) is 5.01 Å². The van der Waals surface area contributed by atoms with Crippen molar-refractivity contribution in [1.82, 2.24) is 5.01 Å². The maximum atomic E-state index is 12.9. The van der Waals surface area contributed by atoms with Crippen LogP contribution in [0.1, 0.15) is 49.7 Å². The summed E-state index contributed by atoms with van der Waals surface area (Å²) in [6, 6.07) is 18.3. The number of carbonyl (C=O) groups is 1. The lowest BCUT2D eigenvalue weighted by atomic mass is 9.73. The highest BCUT2D eigenvalue weighted by molar-refractivity contribution is 6.04. The van der Waals surface area contributed by atoms with Gasteiger partial charge < -0.3 is 4.74 Å². The number of carbonyl (C=O) groups excluding carboxylic acids is 1. The molecule has 0 radical (unpaired) electrons. The van der Waals surface area contributed by atoms with E-state index in [0.717, 1.165) is 49.1 Å². The molecule has 1 aliphatic carbocycles. The first-order valence-electron chi connectivity index (χ1n) is 9.79. The van der Waals surface area contributed by atoms with Crippen molar-refractivity contribution in [3.05, 3.63) is 65.7 Å². The second-order valence-electron chi connectivity index (χ2n) is 7.58. The molecule has 2 aliphatic rings. The highest BCUT2D eigenvalue weighted by atomic mass is 16.5. The molecule has 1 amide bonds. The molecular weight excluding hydrogens is 336 g/mol. The molecule has 1 aliphatic heterocycles. The molecule has 0 saturated heterocycles. The summed E-state index contributed by atoms with van der Waals surface area (Å²) < 4.78 is 5.34. The standard InChI is InChI=1S/C23H26N2O2/c1-27-20-12-6-11-19(16-20)21-17-23(14-7-15-23)25(24-21)22(26)13-5-10-18-8-3-2-4-9-18/h2-4,6,8-9,11-12,16H,5,7,10,13-15,17H2,1H3. The van der Waals surface area contributed by atoms with Gasteiger partial charge in [0.25, 0.3) is 0 Å². The summed E-state index contributed by atoms with van der Waals surface area (Å²) in [5.41, 5.74) is 3.26. The lowest BCUT2D eigenvalue weighted by Gasteiger charge is -2.43. The fraction of sp³-hybridized carbons (Fsp3) is 0.391. The van der Waals surface area contributed by atoms with Crippen LogP contribution in [0.3, 0.4) is 0 Å². The third kappa shape index (κ3) is 3.61. The summed E-state index contributed by atoms with van der Waals surface area (Å²) in [5, 5.41) is 6.60. The van der Waals surface area contributed by atoms with E-state index in [9.17, 15) is 4.79 Å². The quantitative estimate of drug-likeness (QED) is 0.755. The van der Waals surface area contributed by atoms with Crippen molar-refractivity contribution in [1.29, 1.82) is 0 Å². The van der Waals surface area contributed by atoms with E-state index in [1.165, 1.54) is 12.0 Å². The van der Waals surface area contributed by atoms with E-state index < -0.39 is 0 Å². The molecular formula is C23H26N2O2. The van der Waals surface area contributed by atoms with Crippen molar-refractivity contribution in [2.75, 3.05) is 7.11 Å². The zero-order valence-corrected chi connectivity index (χ0v) is 15.9. The SMILES string of the molecule is COc1cccc(C2=NN(C(=O)CCCc3ccccc3)C3(CCC3)C2)c1. The smallest absolute Gasteiger partial charge is 0.243 e. The Kier molecular flexibility index (Phi) is 4.97. The van der Waals surface area contributed by atoms with Crippen molar-refractivity contribution in [2.45, 2.75) is 50.5 Å². The van der Waals surface area contributed by atoms with Crippen LogP contribution in [0.25, 0.3) is 0 Å². The number of ether oxygens (including phenoxy) is 1. The molecule has 1 heterocycles. The van der Waals surface area contributed by atoms with Crippen LogP contribution in [-0.2, 0) is 11.2 Å². The van der Waals surface area contributed by atoms with Gasteiger partial charge in [0, 0.05) is 18.4 Å². The Morgan fingerprint density at radius 3 is 2.67 bits per heavy atom. The fourth-order valence-corrected chi connectivity index (χ4v) is 4.10. The van der Waals surface area contributed by atoms with E-state index in [4.69, 9.17) is 9.84 Å². The molecule has 0 bridgehead atoms. The third-order valence-electron chi connectivity index (χ3n) is 5.79. The second-order valence-corrected chi connectivity index (χ2v) is 7.58. The van der Waals surface area contributed by atoms with Gasteiger partial charge in [0.2, 0.25) is 5.91 Å². The van der Waals surface area contributed by atoms with Crippen molar-refractivity contribution < 1.29 is 9.53 Å². The summed E-state index contributed by atoms with van der Waals surface area (Å²) in [5.74, 6) is 0.981. The Hall–Kier alpha value is -2.62. The number of methoxy groups -OCH3 is 1. The van der Waals surface area contributed by atoms with E-state index >= 15 is 0 Å². The number of aryl methyl sites for hydroxylation is 1. The first-order chi connectivity index (χ1) is 13.2. The van der Waals surface area contributed by atoms with Gasteiger partial charge in [0.05, 0.1) is 18.4 Å². The van der Waals surface area contributed by atoms with Crippen LogP contribution in [0.4, 0.5) is 0 Å². The van der Waals surface area contributed by atoms with Crippen molar-refractivity contribution in [3.63, 3.8) is 0 Å². The largest absolute Gasteiger partial charge is 0.497 e. The van der Waals surface area contributed by atoms with Gasteiger partial charge in [-0.3, -0.25) is 4.79 Å². The van der Waals surface area contributed by atoms with Crippen LogP contribution in [0.5, 0.6) is 5.75 Å². The highest BCUT2D eigenvalue weighted by Crippen LogP contribution is 2.46. The summed E-state index contributed by atoms with van der Waals surface area (Å²) in [4.78, 5) is 12.9. The zero-order chi connectivity index (χ0) is 18.7. The van der Waals surface area contributed by atoms with Gasteiger partial charge in [-0.05, 0) is 49.8 Å². The van der Waals surface area contributed by atoms with Crippen molar-refractivity contribution in [3.8, 4) is 5.75 Å². The van der Waals surface area contributed by atoms with Crippen LogP contribution < -0.4 is 4.74 Å². The highest BCUT2D eigenvalue weighted by Gasteiger charge is 2.49. The number of amides is 1. The van der Waals surface area contributed by atoms with E-state index in [2.05, 4.69) is 18.2 Å². The lowest BCUT2D eigenvalue weighted by Crippen LogP contribution is -2.51. The van der Waals surface area contributed by atoms with E-state index in [0.29, 0.717) is 6.42 Å². The van der Waals surface area contributed by atoms with E-state index in [1.807, 2.05) is 41.4 Å². The van der Waals surface area contributed by atoms with E-state index in [1.54, 1.807) is 7.11 Å². The van der Waals surface area contributed by atoms with Gasteiger partial charge in [-0.15, -0.1) is 0 Å². The van der Waals surface area contributed by atoms with Crippen molar-refractivity contribution >= 4 is 11.6 Å². The Bertz CT molecular complexity index is 840. The average molecular weight is 362 g/mol. The predicted molar refractivity (Wildman–Crippen MR) is 107 cm³/mol. The minimum atomic E-state index is -0.0811. The van der Waals surface area contributed by atoms with Gasteiger partial charge in [-0.2, -0.15) is 5.10 Å². The van der Waals surface area contributed by atoms with Crippen LogP contribution in [0, 0.1) is 0 Å². The Balaban J connectivity index is 1.46. The number of hydrazone groups is 1. The molecule has 2 aromatic carbocycles.